The second-order valence-corrected chi connectivity index (χ2v) is 5.84. The second kappa shape index (κ2) is 5.73. The molecular weight excluding hydrogens is 284 g/mol. The van der Waals surface area contributed by atoms with Crippen molar-refractivity contribution < 1.29 is 4.74 Å². The Hall–Kier alpha value is -2.86. The molecule has 4 rings (SSSR count). The van der Waals surface area contributed by atoms with Crippen LogP contribution in [0.3, 0.4) is 0 Å². The van der Waals surface area contributed by atoms with Crippen LogP contribution in [0, 0.1) is 11.3 Å². The molecule has 0 amide bonds. The van der Waals surface area contributed by atoms with Gasteiger partial charge in [-0.3, -0.25) is 0 Å². The third-order valence-corrected chi connectivity index (χ3v) is 4.38. The average Bonchev–Trinajstić information content (AvgIpc) is 2.61. The van der Waals surface area contributed by atoms with Crippen LogP contribution in [0.15, 0.2) is 54.6 Å². The number of nitriles is 1. The van der Waals surface area contributed by atoms with E-state index < -0.39 is 0 Å². The van der Waals surface area contributed by atoms with Gasteiger partial charge in [-0.15, -0.1) is 0 Å². The number of hydrogen-bond acceptors (Lipinski definition) is 3. The summed E-state index contributed by atoms with van der Waals surface area (Å²) in [6.45, 7) is 0. The summed E-state index contributed by atoms with van der Waals surface area (Å²) in [6, 6.07) is 20.3. The predicted molar refractivity (Wildman–Crippen MR) is 89.2 cm³/mol. The number of pyridine rings is 1. The molecule has 0 aliphatic heterocycles. The minimum absolute atomic E-state index is 0.00462. The van der Waals surface area contributed by atoms with Gasteiger partial charge in [0.05, 0.1) is 5.52 Å². The first-order valence-corrected chi connectivity index (χ1v) is 7.89. The molecule has 0 spiro atoms. The second-order valence-electron chi connectivity index (χ2n) is 5.84. The van der Waals surface area contributed by atoms with E-state index in [2.05, 4.69) is 29.3 Å². The molecule has 23 heavy (non-hydrogen) atoms. The smallest absolute Gasteiger partial charge is 0.183 e. The van der Waals surface area contributed by atoms with Crippen molar-refractivity contribution in [3.8, 4) is 11.8 Å². The van der Waals surface area contributed by atoms with Gasteiger partial charge in [0.25, 0.3) is 0 Å². The van der Waals surface area contributed by atoms with Crippen molar-refractivity contribution in [3.63, 3.8) is 0 Å². The van der Waals surface area contributed by atoms with Gasteiger partial charge in [0, 0.05) is 5.39 Å². The van der Waals surface area contributed by atoms with Crippen LogP contribution >= 0.6 is 0 Å². The molecule has 0 unspecified atom stereocenters. The fourth-order valence-corrected chi connectivity index (χ4v) is 3.25. The van der Waals surface area contributed by atoms with Crippen molar-refractivity contribution in [1.82, 2.24) is 4.98 Å². The summed E-state index contributed by atoms with van der Waals surface area (Å²) in [4.78, 5) is 4.43. The molecule has 3 nitrogen and oxygen atoms in total. The normalized spacial score (nSPS) is 16.6. The quantitative estimate of drug-likeness (QED) is 0.696. The molecule has 3 aromatic rings. The summed E-state index contributed by atoms with van der Waals surface area (Å²) in [5.74, 6) is 0.577. The van der Waals surface area contributed by atoms with Crippen LogP contribution in [-0.2, 0) is 6.42 Å². The van der Waals surface area contributed by atoms with Gasteiger partial charge in [0.1, 0.15) is 12.2 Å². The molecule has 0 radical (unpaired) electrons. The number of nitrogens with zero attached hydrogens (tertiary/aromatic N) is 2. The number of aromatic nitrogens is 1. The van der Waals surface area contributed by atoms with Crippen molar-refractivity contribution in [2.45, 2.75) is 25.4 Å². The minimum atomic E-state index is -0.00462. The van der Waals surface area contributed by atoms with Crippen molar-refractivity contribution in [1.29, 1.82) is 5.26 Å². The van der Waals surface area contributed by atoms with E-state index in [-0.39, 0.29) is 6.10 Å². The zero-order valence-corrected chi connectivity index (χ0v) is 12.7. The largest absolute Gasteiger partial charge is 0.483 e. The van der Waals surface area contributed by atoms with Gasteiger partial charge in [0.2, 0.25) is 0 Å². The molecule has 0 saturated heterocycles. The molecule has 1 aliphatic carbocycles. The number of fused-ring (bicyclic) bond motifs is 2. The lowest BCUT2D eigenvalue weighted by molar-refractivity contribution is 0.182. The van der Waals surface area contributed by atoms with E-state index in [1.807, 2.05) is 36.4 Å². The fourth-order valence-electron chi connectivity index (χ4n) is 3.25. The molecular formula is C20H16N2O. The molecule has 1 heterocycles. The Labute approximate surface area is 135 Å². The van der Waals surface area contributed by atoms with Gasteiger partial charge >= 0.3 is 0 Å². The standard InChI is InChI=1S/C20H16N2O/c21-13-18-20(12-15-7-2-4-10-17(15)22-18)23-19-11-5-8-14-6-1-3-9-16(14)19/h1-4,6-7,9-10,12,19H,5,8,11H2/t19-/m0/s1. The summed E-state index contributed by atoms with van der Waals surface area (Å²) in [5, 5.41) is 10.4. The minimum Gasteiger partial charge on any atom is -0.483 e. The number of aryl methyl sites for hydroxylation is 1. The predicted octanol–water partition coefficient (Wildman–Crippen LogP) is 4.56. The van der Waals surface area contributed by atoms with E-state index in [1.165, 1.54) is 11.1 Å². The molecule has 2 aromatic carbocycles. The van der Waals surface area contributed by atoms with E-state index >= 15 is 0 Å². The van der Waals surface area contributed by atoms with Gasteiger partial charge in [-0.1, -0.05) is 42.5 Å². The van der Waals surface area contributed by atoms with E-state index in [1.54, 1.807) is 0 Å². The van der Waals surface area contributed by atoms with Crippen LogP contribution in [0.1, 0.15) is 35.8 Å². The summed E-state index contributed by atoms with van der Waals surface area (Å²) in [6.07, 6.45) is 3.16. The van der Waals surface area contributed by atoms with Crippen LogP contribution in [-0.4, -0.2) is 4.98 Å². The number of rotatable bonds is 2. The number of ether oxygens (including phenoxy) is 1. The Morgan fingerprint density at radius 3 is 2.83 bits per heavy atom. The zero-order chi connectivity index (χ0) is 15.6. The van der Waals surface area contributed by atoms with Gasteiger partial charge in [-0.2, -0.15) is 5.26 Å². The topological polar surface area (TPSA) is 45.9 Å². The Bertz CT molecular complexity index is 911. The SMILES string of the molecule is N#Cc1nc2ccccc2cc1O[C@H]1CCCc2ccccc21. The maximum Gasteiger partial charge on any atom is 0.183 e. The molecule has 1 atom stereocenters. The summed E-state index contributed by atoms with van der Waals surface area (Å²) < 4.78 is 6.23. The lowest BCUT2D eigenvalue weighted by Gasteiger charge is -2.26. The average molecular weight is 300 g/mol. The summed E-state index contributed by atoms with van der Waals surface area (Å²) >= 11 is 0. The van der Waals surface area contributed by atoms with Crippen molar-refractivity contribution in [2.24, 2.45) is 0 Å². The third kappa shape index (κ3) is 2.53. The molecule has 1 aromatic heterocycles. The zero-order valence-electron chi connectivity index (χ0n) is 12.7. The van der Waals surface area contributed by atoms with E-state index in [0.717, 1.165) is 30.2 Å². The Kier molecular flexibility index (Phi) is 3.44. The van der Waals surface area contributed by atoms with E-state index in [0.29, 0.717) is 11.4 Å². The number of para-hydroxylation sites is 1. The molecule has 0 bridgehead atoms. The van der Waals surface area contributed by atoms with E-state index in [9.17, 15) is 5.26 Å². The van der Waals surface area contributed by atoms with Crippen molar-refractivity contribution in [2.75, 3.05) is 0 Å². The molecule has 0 N–H and O–H groups in total. The van der Waals surface area contributed by atoms with Gasteiger partial charge in [-0.25, -0.2) is 4.98 Å². The third-order valence-electron chi connectivity index (χ3n) is 4.38. The first kappa shape index (κ1) is 13.8. The molecule has 3 heteroatoms. The molecule has 1 aliphatic rings. The van der Waals surface area contributed by atoms with Crippen LogP contribution in [0.4, 0.5) is 0 Å². The monoisotopic (exact) mass is 300 g/mol. The lowest BCUT2D eigenvalue weighted by atomic mass is 9.89. The Morgan fingerprint density at radius 2 is 1.91 bits per heavy atom. The highest BCUT2D eigenvalue weighted by molar-refractivity contribution is 5.80. The lowest BCUT2D eigenvalue weighted by Crippen LogP contribution is -2.15. The maximum absolute atomic E-state index is 9.41. The van der Waals surface area contributed by atoms with E-state index in [4.69, 9.17) is 4.74 Å². The van der Waals surface area contributed by atoms with Crippen LogP contribution < -0.4 is 4.74 Å². The van der Waals surface area contributed by atoms with Crippen LogP contribution in [0.2, 0.25) is 0 Å². The van der Waals surface area contributed by atoms with Crippen LogP contribution in [0.25, 0.3) is 10.9 Å². The Balaban J connectivity index is 1.75. The summed E-state index contributed by atoms with van der Waals surface area (Å²) in [7, 11) is 0. The highest BCUT2D eigenvalue weighted by atomic mass is 16.5. The first-order valence-electron chi connectivity index (χ1n) is 7.89. The first-order chi connectivity index (χ1) is 11.3. The highest BCUT2D eigenvalue weighted by Gasteiger charge is 2.22. The number of hydrogen-bond donors (Lipinski definition) is 0. The van der Waals surface area contributed by atoms with Crippen molar-refractivity contribution in [3.05, 3.63) is 71.4 Å². The van der Waals surface area contributed by atoms with Gasteiger partial charge in [-0.05, 0) is 42.5 Å². The van der Waals surface area contributed by atoms with Gasteiger partial charge in [0.15, 0.2) is 11.4 Å². The fraction of sp³-hybridized carbons (Fsp3) is 0.200. The van der Waals surface area contributed by atoms with Gasteiger partial charge < -0.3 is 4.74 Å². The Morgan fingerprint density at radius 1 is 1.09 bits per heavy atom. The summed E-state index contributed by atoms with van der Waals surface area (Å²) in [5.41, 5.74) is 3.75. The maximum atomic E-state index is 9.41. The molecule has 112 valence electrons. The van der Waals surface area contributed by atoms with Crippen LogP contribution in [0.5, 0.6) is 5.75 Å². The molecule has 0 fully saturated rings. The molecule has 0 saturated carbocycles. The highest BCUT2D eigenvalue weighted by Crippen LogP contribution is 2.35. The van der Waals surface area contributed by atoms with Crippen molar-refractivity contribution >= 4 is 10.9 Å². The number of benzene rings is 2.